The first kappa shape index (κ1) is 18.5. The topological polar surface area (TPSA) is 93.7 Å². The molecule has 1 atom stereocenters. The van der Waals surface area contributed by atoms with Crippen molar-refractivity contribution in [1.29, 1.82) is 0 Å². The van der Waals surface area contributed by atoms with Crippen molar-refractivity contribution in [3.05, 3.63) is 30.3 Å². The zero-order valence-electron chi connectivity index (χ0n) is 13.5. The van der Waals surface area contributed by atoms with Crippen molar-refractivity contribution in [2.75, 3.05) is 13.2 Å². The Morgan fingerprint density at radius 3 is 2.30 bits per heavy atom. The quantitative estimate of drug-likeness (QED) is 0.685. The second kappa shape index (κ2) is 9.45. The molecular formula is C16H22N2O5. The minimum atomic E-state index is -0.838. The zero-order valence-corrected chi connectivity index (χ0v) is 13.5. The number of carbonyl (C=O) groups is 3. The average molecular weight is 322 g/mol. The minimum Gasteiger partial charge on any atom is -0.479 e. The normalized spacial score (nSPS) is 11.5. The van der Waals surface area contributed by atoms with E-state index in [2.05, 4.69) is 10.6 Å². The van der Waals surface area contributed by atoms with Gasteiger partial charge in [0.2, 0.25) is 5.91 Å². The van der Waals surface area contributed by atoms with Crippen molar-refractivity contribution in [2.24, 2.45) is 0 Å². The van der Waals surface area contributed by atoms with E-state index in [4.69, 9.17) is 9.47 Å². The molecular weight excluding hydrogens is 300 g/mol. The Labute approximate surface area is 135 Å². The molecule has 0 aliphatic rings. The van der Waals surface area contributed by atoms with E-state index in [1.165, 1.54) is 6.92 Å². The molecule has 0 aliphatic heterocycles. The largest absolute Gasteiger partial charge is 0.479 e. The Hall–Kier alpha value is -2.57. The highest BCUT2D eigenvalue weighted by molar-refractivity contribution is 5.86. The van der Waals surface area contributed by atoms with Crippen molar-refractivity contribution in [3.63, 3.8) is 0 Å². The molecule has 0 unspecified atom stereocenters. The number of esters is 1. The number of hydrogen-bond acceptors (Lipinski definition) is 5. The summed E-state index contributed by atoms with van der Waals surface area (Å²) in [5.74, 6) is -0.980. The van der Waals surface area contributed by atoms with Crippen molar-refractivity contribution in [3.8, 4) is 5.75 Å². The van der Waals surface area contributed by atoms with E-state index in [1.54, 1.807) is 24.3 Å². The van der Waals surface area contributed by atoms with Crippen LogP contribution in [-0.4, -0.2) is 43.1 Å². The number of hydrogen-bond donors (Lipinski definition) is 2. The summed E-state index contributed by atoms with van der Waals surface area (Å²) in [6.45, 7) is 4.54. The highest BCUT2D eigenvalue weighted by atomic mass is 16.6. The van der Waals surface area contributed by atoms with Crippen LogP contribution in [0, 0.1) is 0 Å². The Balaban J connectivity index is 2.26. The average Bonchev–Trinajstić information content (AvgIpc) is 2.50. The summed E-state index contributed by atoms with van der Waals surface area (Å²) in [7, 11) is 0. The van der Waals surface area contributed by atoms with Gasteiger partial charge in [0, 0.05) is 6.04 Å². The molecule has 0 aromatic heterocycles. The molecule has 0 spiro atoms. The molecule has 2 N–H and O–H groups in total. The lowest BCUT2D eigenvalue weighted by Gasteiger charge is -2.14. The van der Waals surface area contributed by atoms with Crippen LogP contribution in [0.25, 0.3) is 0 Å². The lowest BCUT2D eigenvalue weighted by Crippen LogP contribution is -2.41. The maximum Gasteiger partial charge on any atom is 0.347 e. The van der Waals surface area contributed by atoms with Crippen LogP contribution >= 0.6 is 0 Å². The van der Waals surface area contributed by atoms with Crippen LogP contribution in [0.1, 0.15) is 20.8 Å². The van der Waals surface area contributed by atoms with E-state index in [1.807, 2.05) is 19.9 Å². The van der Waals surface area contributed by atoms with Crippen molar-refractivity contribution >= 4 is 17.8 Å². The molecule has 0 saturated carbocycles. The van der Waals surface area contributed by atoms with Crippen molar-refractivity contribution in [2.45, 2.75) is 32.9 Å². The van der Waals surface area contributed by atoms with Gasteiger partial charge in [-0.25, -0.2) is 4.79 Å². The van der Waals surface area contributed by atoms with E-state index < -0.39 is 24.6 Å². The smallest absolute Gasteiger partial charge is 0.347 e. The highest BCUT2D eigenvalue weighted by Gasteiger charge is 2.18. The molecule has 0 fully saturated rings. The van der Waals surface area contributed by atoms with Crippen molar-refractivity contribution in [1.82, 2.24) is 10.6 Å². The van der Waals surface area contributed by atoms with Gasteiger partial charge in [0.05, 0.1) is 6.54 Å². The highest BCUT2D eigenvalue weighted by Crippen LogP contribution is 2.11. The SMILES string of the molecule is CC(C)NC(=O)CNC(=O)COC(=O)[C@H](C)Oc1ccccc1. The third-order valence-corrected chi connectivity index (χ3v) is 2.63. The molecule has 1 aromatic carbocycles. The summed E-state index contributed by atoms with van der Waals surface area (Å²) in [5, 5.41) is 4.99. The third-order valence-electron chi connectivity index (χ3n) is 2.63. The first-order valence-corrected chi connectivity index (χ1v) is 7.33. The number of para-hydroxylation sites is 1. The monoisotopic (exact) mass is 322 g/mol. The predicted octanol–water partition coefficient (Wildman–Crippen LogP) is 0.638. The van der Waals surface area contributed by atoms with Gasteiger partial charge in [-0.05, 0) is 32.9 Å². The number of amides is 2. The standard InChI is InChI=1S/C16H22N2O5/c1-11(2)18-14(19)9-17-15(20)10-22-16(21)12(3)23-13-7-5-4-6-8-13/h4-8,11-12H,9-10H2,1-3H3,(H,17,20)(H,18,19)/t12-/m0/s1. The number of carbonyl (C=O) groups excluding carboxylic acids is 3. The Morgan fingerprint density at radius 2 is 1.70 bits per heavy atom. The summed E-state index contributed by atoms with van der Waals surface area (Å²) in [5.41, 5.74) is 0. The molecule has 0 radical (unpaired) electrons. The predicted molar refractivity (Wildman–Crippen MR) is 83.8 cm³/mol. The van der Waals surface area contributed by atoms with E-state index in [-0.39, 0.29) is 18.5 Å². The van der Waals surface area contributed by atoms with Crippen LogP contribution in [0.4, 0.5) is 0 Å². The Morgan fingerprint density at radius 1 is 1.04 bits per heavy atom. The molecule has 7 heteroatoms. The third kappa shape index (κ3) is 7.85. The number of rotatable bonds is 8. The fourth-order valence-electron chi connectivity index (χ4n) is 1.61. The molecule has 7 nitrogen and oxygen atoms in total. The van der Waals surface area contributed by atoms with Gasteiger partial charge < -0.3 is 20.1 Å². The summed E-state index contributed by atoms with van der Waals surface area (Å²) in [4.78, 5) is 34.6. The zero-order chi connectivity index (χ0) is 17.2. The van der Waals surface area contributed by atoms with Crippen LogP contribution in [0.3, 0.4) is 0 Å². The first-order chi connectivity index (χ1) is 10.9. The second-order valence-electron chi connectivity index (χ2n) is 5.18. The molecule has 0 bridgehead atoms. The maximum absolute atomic E-state index is 11.7. The fraction of sp³-hybridized carbons (Fsp3) is 0.438. The van der Waals surface area contributed by atoms with Crippen LogP contribution in [0.2, 0.25) is 0 Å². The van der Waals surface area contributed by atoms with Gasteiger partial charge in [0.15, 0.2) is 12.7 Å². The van der Waals surface area contributed by atoms with Gasteiger partial charge in [0.25, 0.3) is 5.91 Å². The summed E-state index contributed by atoms with van der Waals surface area (Å²) >= 11 is 0. The number of ether oxygens (including phenoxy) is 2. The summed E-state index contributed by atoms with van der Waals surface area (Å²) in [6, 6.07) is 8.81. The Bertz CT molecular complexity index is 531. The van der Waals surface area contributed by atoms with Gasteiger partial charge in [-0.3, -0.25) is 9.59 Å². The van der Waals surface area contributed by atoms with Crippen LogP contribution in [-0.2, 0) is 19.1 Å². The Kier molecular flexibility index (Phi) is 7.59. The molecule has 0 aliphatic carbocycles. The molecule has 2 amide bonds. The van der Waals surface area contributed by atoms with Crippen LogP contribution in [0.15, 0.2) is 30.3 Å². The number of nitrogens with one attached hydrogen (secondary N) is 2. The molecule has 23 heavy (non-hydrogen) atoms. The van der Waals surface area contributed by atoms with Gasteiger partial charge in [0.1, 0.15) is 5.75 Å². The molecule has 1 aromatic rings. The van der Waals surface area contributed by atoms with Crippen LogP contribution < -0.4 is 15.4 Å². The summed E-state index contributed by atoms with van der Waals surface area (Å²) in [6.07, 6.45) is -0.838. The first-order valence-electron chi connectivity index (χ1n) is 7.33. The molecule has 0 saturated heterocycles. The van der Waals surface area contributed by atoms with E-state index >= 15 is 0 Å². The van der Waals surface area contributed by atoms with Gasteiger partial charge in [-0.1, -0.05) is 18.2 Å². The van der Waals surface area contributed by atoms with Gasteiger partial charge in [-0.2, -0.15) is 0 Å². The number of benzene rings is 1. The van der Waals surface area contributed by atoms with Crippen molar-refractivity contribution < 1.29 is 23.9 Å². The van der Waals surface area contributed by atoms with Crippen LogP contribution in [0.5, 0.6) is 5.75 Å². The van der Waals surface area contributed by atoms with E-state index in [0.717, 1.165) is 0 Å². The van der Waals surface area contributed by atoms with Gasteiger partial charge >= 0.3 is 5.97 Å². The van der Waals surface area contributed by atoms with E-state index in [0.29, 0.717) is 5.75 Å². The molecule has 0 heterocycles. The lowest BCUT2D eigenvalue weighted by atomic mass is 10.3. The van der Waals surface area contributed by atoms with Gasteiger partial charge in [-0.15, -0.1) is 0 Å². The maximum atomic E-state index is 11.7. The second-order valence-corrected chi connectivity index (χ2v) is 5.18. The summed E-state index contributed by atoms with van der Waals surface area (Å²) < 4.78 is 10.2. The van der Waals surface area contributed by atoms with E-state index in [9.17, 15) is 14.4 Å². The lowest BCUT2D eigenvalue weighted by molar-refractivity contribution is -0.154. The fourth-order valence-corrected chi connectivity index (χ4v) is 1.61. The minimum absolute atomic E-state index is 0.00628. The molecule has 126 valence electrons. The molecule has 1 rings (SSSR count).